The Morgan fingerprint density at radius 1 is 1.35 bits per heavy atom. The highest BCUT2D eigenvalue weighted by Gasteiger charge is 2.26. The largest absolute Gasteiger partial charge is 0.506 e. The van der Waals surface area contributed by atoms with Gasteiger partial charge in [-0.3, -0.25) is 14.4 Å². The lowest BCUT2D eigenvalue weighted by molar-refractivity contribution is -0.135. The number of nitrogens with zero attached hydrogens (tertiary/aromatic N) is 1. The maximum atomic E-state index is 12.7. The lowest BCUT2D eigenvalue weighted by Crippen LogP contribution is -2.38. The molecule has 138 valence electrons. The fraction of sp³-hybridized carbons (Fsp3) is 0.353. The number of aromatic hydroxyl groups is 1. The van der Waals surface area contributed by atoms with Gasteiger partial charge in [0, 0.05) is 5.39 Å². The van der Waals surface area contributed by atoms with E-state index < -0.39 is 35.3 Å². The van der Waals surface area contributed by atoms with Gasteiger partial charge >= 0.3 is 5.97 Å². The summed E-state index contributed by atoms with van der Waals surface area (Å²) in [5.41, 5.74) is -1.16. The molecule has 9 heteroatoms. The predicted octanol–water partition coefficient (Wildman–Crippen LogP) is 0.369. The number of pyridine rings is 1. The normalized spacial score (nSPS) is 13.4. The fourth-order valence-corrected chi connectivity index (χ4v) is 2.50. The fourth-order valence-electron chi connectivity index (χ4n) is 2.50. The van der Waals surface area contributed by atoms with Crippen molar-refractivity contribution in [3.63, 3.8) is 0 Å². The zero-order valence-electron chi connectivity index (χ0n) is 14.0. The average Bonchev–Trinajstić information content (AvgIpc) is 3.44. The Labute approximate surface area is 147 Å². The van der Waals surface area contributed by atoms with Crippen molar-refractivity contribution in [2.45, 2.75) is 12.8 Å². The van der Waals surface area contributed by atoms with E-state index in [1.54, 1.807) is 12.1 Å². The number of carboxylic acids is 1. The minimum atomic E-state index is -1.27. The molecule has 3 N–H and O–H groups in total. The van der Waals surface area contributed by atoms with E-state index in [9.17, 15) is 19.5 Å². The Morgan fingerprint density at radius 2 is 2.08 bits per heavy atom. The molecule has 2 aromatic rings. The van der Waals surface area contributed by atoms with Gasteiger partial charge in [0.25, 0.3) is 11.5 Å². The number of benzene rings is 1. The molecule has 1 aromatic carbocycles. The number of aromatic nitrogens is 1. The van der Waals surface area contributed by atoms with Gasteiger partial charge in [0.05, 0.1) is 12.6 Å². The van der Waals surface area contributed by atoms with Gasteiger partial charge in [-0.15, -0.1) is 4.73 Å². The molecule has 0 radical (unpaired) electrons. The quantitative estimate of drug-likeness (QED) is 0.649. The SMILES string of the molecule is COc1ccc2c(c1)c(O)c(C(=O)NCC(=O)O)c(=O)n2OCC1CC1. The number of carboxylic acid groups (broad SMARTS) is 1. The minimum Gasteiger partial charge on any atom is -0.506 e. The van der Waals surface area contributed by atoms with Crippen molar-refractivity contribution in [2.75, 3.05) is 20.3 Å². The lowest BCUT2D eigenvalue weighted by Gasteiger charge is -2.15. The predicted molar refractivity (Wildman–Crippen MR) is 90.6 cm³/mol. The molecule has 0 atom stereocenters. The van der Waals surface area contributed by atoms with Crippen molar-refractivity contribution < 1.29 is 29.4 Å². The van der Waals surface area contributed by atoms with Crippen molar-refractivity contribution in [3.8, 4) is 11.5 Å². The second-order valence-corrected chi connectivity index (χ2v) is 6.02. The first kappa shape index (κ1) is 17.6. The van der Waals surface area contributed by atoms with Crippen LogP contribution in [0.3, 0.4) is 0 Å². The summed E-state index contributed by atoms with van der Waals surface area (Å²) < 4.78 is 6.08. The first-order valence-corrected chi connectivity index (χ1v) is 8.01. The summed E-state index contributed by atoms with van der Waals surface area (Å²) >= 11 is 0. The molecule has 1 amide bonds. The Kier molecular flexibility index (Phi) is 4.70. The highest BCUT2D eigenvalue weighted by atomic mass is 16.7. The van der Waals surface area contributed by atoms with Gasteiger partial charge in [0.15, 0.2) is 5.56 Å². The zero-order chi connectivity index (χ0) is 18.8. The highest BCUT2D eigenvalue weighted by molar-refractivity contribution is 6.03. The molecule has 0 unspecified atom stereocenters. The van der Waals surface area contributed by atoms with E-state index in [1.165, 1.54) is 13.2 Å². The maximum absolute atomic E-state index is 12.7. The average molecular weight is 362 g/mol. The number of carbonyl (C=O) groups excluding carboxylic acids is 1. The molecular formula is C17H18N2O7. The summed E-state index contributed by atoms with van der Waals surface area (Å²) in [4.78, 5) is 41.2. The van der Waals surface area contributed by atoms with Crippen molar-refractivity contribution in [1.29, 1.82) is 0 Å². The number of rotatable bonds is 7. The molecule has 26 heavy (non-hydrogen) atoms. The van der Waals surface area contributed by atoms with Gasteiger partial charge in [-0.05, 0) is 37.0 Å². The number of aliphatic carboxylic acids is 1. The van der Waals surface area contributed by atoms with Crippen LogP contribution < -0.4 is 20.5 Å². The molecule has 1 fully saturated rings. The monoisotopic (exact) mass is 362 g/mol. The summed E-state index contributed by atoms with van der Waals surface area (Å²) in [5, 5.41) is 21.4. The number of carbonyl (C=O) groups is 2. The van der Waals surface area contributed by atoms with Gasteiger partial charge in [-0.2, -0.15) is 0 Å². The first-order chi connectivity index (χ1) is 12.4. The van der Waals surface area contributed by atoms with E-state index in [0.717, 1.165) is 17.6 Å². The van der Waals surface area contributed by atoms with Crippen molar-refractivity contribution in [2.24, 2.45) is 5.92 Å². The van der Waals surface area contributed by atoms with Crippen molar-refractivity contribution in [3.05, 3.63) is 34.1 Å². The van der Waals surface area contributed by atoms with Crippen LogP contribution in [0.1, 0.15) is 23.2 Å². The molecule has 0 saturated heterocycles. The second-order valence-electron chi connectivity index (χ2n) is 6.02. The number of ether oxygens (including phenoxy) is 1. The van der Waals surface area contributed by atoms with E-state index in [4.69, 9.17) is 14.7 Å². The number of methoxy groups -OCH3 is 1. The molecule has 1 aliphatic rings. The third-order valence-electron chi connectivity index (χ3n) is 4.08. The van der Waals surface area contributed by atoms with Gasteiger partial charge in [0.2, 0.25) is 0 Å². The van der Waals surface area contributed by atoms with Crippen molar-refractivity contribution in [1.82, 2.24) is 10.0 Å². The van der Waals surface area contributed by atoms with E-state index in [-0.39, 0.29) is 10.9 Å². The molecular weight excluding hydrogens is 344 g/mol. The second kappa shape index (κ2) is 6.95. The van der Waals surface area contributed by atoms with Crippen LogP contribution in [0.4, 0.5) is 0 Å². The van der Waals surface area contributed by atoms with Crippen LogP contribution in [0, 0.1) is 5.92 Å². The number of hydrogen-bond acceptors (Lipinski definition) is 6. The van der Waals surface area contributed by atoms with Gasteiger partial charge < -0.3 is 25.1 Å². The third-order valence-corrected chi connectivity index (χ3v) is 4.08. The third kappa shape index (κ3) is 3.41. The smallest absolute Gasteiger partial charge is 0.322 e. The summed E-state index contributed by atoms with van der Waals surface area (Å²) in [6.45, 7) is -0.376. The van der Waals surface area contributed by atoms with Crippen LogP contribution in [0.25, 0.3) is 10.9 Å². The first-order valence-electron chi connectivity index (χ1n) is 8.01. The van der Waals surface area contributed by atoms with Crippen LogP contribution in [0.15, 0.2) is 23.0 Å². The molecule has 1 saturated carbocycles. The van der Waals surface area contributed by atoms with Crippen LogP contribution in [0.5, 0.6) is 11.5 Å². The van der Waals surface area contributed by atoms with Gasteiger partial charge in [-0.25, -0.2) is 0 Å². The number of nitrogens with one attached hydrogen (secondary N) is 1. The van der Waals surface area contributed by atoms with E-state index in [2.05, 4.69) is 5.32 Å². The van der Waals surface area contributed by atoms with Gasteiger partial charge in [0.1, 0.15) is 24.7 Å². The van der Waals surface area contributed by atoms with E-state index >= 15 is 0 Å². The summed E-state index contributed by atoms with van der Waals surface area (Å²) in [7, 11) is 1.44. The van der Waals surface area contributed by atoms with Crippen LogP contribution >= 0.6 is 0 Å². The number of fused-ring (bicyclic) bond motifs is 1. The van der Waals surface area contributed by atoms with Crippen LogP contribution in [0.2, 0.25) is 0 Å². The Morgan fingerprint density at radius 3 is 2.69 bits per heavy atom. The minimum absolute atomic E-state index is 0.181. The molecule has 1 aromatic heterocycles. The molecule has 1 heterocycles. The van der Waals surface area contributed by atoms with E-state index in [0.29, 0.717) is 18.3 Å². The van der Waals surface area contributed by atoms with Crippen LogP contribution in [-0.2, 0) is 4.79 Å². The Balaban J connectivity index is 2.13. The number of amides is 1. The molecule has 0 spiro atoms. The van der Waals surface area contributed by atoms with Gasteiger partial charge in [-0.1, -0.05) is 0 Å². The Bertz CT molecular complexity index is 931. The summed E-state index contributed by atoms with van der Waals surface area (Å²) in [5.74, 6) is -2.06. The van der Waals surface area contributed by atoms with E-state index in [1.807, 2.05) is 0 Å². The summed E-state index contributed by atoms with van der Waals surface area (Å²) in [6, 6.07) is 4.61. The topological polar surface area (TPSA) is 127 Å². The standard InChI is InChI=1S/C17H18N2O7/c1-25-10-4-5-12-11(6-10)15(22)14(16(23)18-7-13(20)21)17(24)19(12)26-8-9-2-3-9/h4-6,9,22H,2-3,7-8H2,1H3,(H,18,23)(H,20,21). The molecule has 3 rings (SSSR count). The highest BCUT2D eigenvalue weighted by Crippen LogP contribution is 2.31. The molecule has 1 aliphatic carbocycles. The summed E-state index contributed by atoms with van der Waals surface area (Å²) in [6.07, 6.45) is 2.01. The van der Waals surface area contributed by atoms with Crippen LogP contribution in [-0.4, -0.2) is 47.1 Å². The zero-order valence-corrected chi connectivity index (χ0v) is 14.0. The Hall–Kier alpha value is -3.23. The molecule has 0 bridgehead atoms. The lowest BCUT2D eigenvalue weighted by atomic mass is 10.1. The molecule has 0 aliphatic heterocycles. The maximum Gasteiger partial charge on any atom is 0.322 e. The number of hydrogen-bond donors (Lipinski definition) is 3. The molecule has 9 nitrogen and oxygen atoms in total. The van der Waals surface area contributed by atoms with Crippen molar-refractivity contribution >= 4 is 22.8 Å².